The summed E-state index contributed by atoms with van der Waals surface area (Å²) in [5.41, 5.74) is -1.83. The summed E-state index contributed by atoms with van der Waals surface area (Å²) in [6, 6.07) is 0. The molecule has 0 heterocycles. The normalized spacial score (nSPS) is 14.9. The molecular weight excluding hydrogens is 226 g/mol. The van der Waals surface area contributed by atoms with Gasteiger partial charge in [0.05, 0.1) is 12.0 Å². The van der Waals surface area contributed by atoms with Crippen LogP contribution in [0.15, 0.2) is 0 Å². The number of carbonyl (C=O) groups is 2. The standard InChI is InChI=1S/C11H21NO5/c1-10(2,3)17-9(16)12-6-5-11(4,7-13)8(14)15/h13H,5-7H2,1-4H3,(H,12,16)(H,14,15). The number of amides is 1. The molecule has 100 valence electrons. The van der Waals surface area contributed by atoms with Crippen molar-refractivity contribution in [2.24, 2.45) is 5.41 Å². The molecule has 0 spiro atoms. The number of aliphatic carboxylic acids is 1. The Morgan fingerprint density at radius 3 is 2.12 bits per heavy atom. The summed E-state index contributed by atoms with van der Waals surface area (Å²) in [6.45, 7) is 6.30. The molecule has 0 radical (unpaired) electrons. The molecule has 6 nitrogen and oxygen atoms in total. The van der Waals surface area contributed by atoms with Gasteiger partial charge < -0.3 is 20.3 Å². The van der Waals surface area contributed by atoms with Crippen molar-refractivity contribution in [1.82, 2.24) is 5.32 Å². The lowest BCUT2D eigenvalue weighted by molar-refractivity contribution is -0.150. The fraction of sp³-hybridized carbons (Fsp3) is 0.818. The largest absolute Gasteiger partial charge is 0.481 e. The first-order valence-electron chi connectivity index (χ1n) is 5.42. The van der Waals surface area contributed by atoms with Gasteiger partial charge in [0.15, 0.2) is 0 Å². The number of aliphatic hydroxyl groups excluding tert-OH is 1. The molecule has 0 aromatic carbocycles. The van der Waals surface area contributed by atoms with Gasteiger partial charge in [0.25, 0.3) is 0 Å². The van der Waals surface area contributed by atoms with Crippen LogP contribution < -0.4 is 5.32 Å². The van der Waals surface area contributed by atoms with Gasteiger partial charge in [-0.25, -0.2) is 4.79 Å². The first kappa shape index (κ1) is 15.7. The first-order valence-corrected chi connectivity index (χ1v) is 5.42. The first-order chi connectivity index (χ1) is 7.60. The Balaban J connectivity index is 4.07. The number of carboxylic acid groups (broad SMARTS) is 1. The van der Waals surface area contributed by atoms with Gasteiger partial charge in [-0.05, 0) is 34.1 Å². The molecule has 0 aromatic heterocycles. The van der Waals surface area contributed by atoms with Gasteiger partial charge in [0.1, 0.15) is 5.60 Å². The Kier molecular flexibility index (Phi) is 5.41. The Morgan fingerprint density at radius 1 is 1.24 bits per heavy atom. The van der Waals surface area contributed by atoms with E-state index in [-0.39, 0.29) is 13.0 Å². The molecule has 0 aliphatic rings. The van der Waals surface area contributed by atoms with Crippen molar-refractivity contribution >= 4 is 12.1 Å². The second-order valence-electron chi connectivity index (χ2n) is 5.20. The Bertz CT molecular complexity index is 284. The number of ether oxygens (including phenoxy) is 1. The second kappa shape index (κ2) is 5.86. The smallest absolute Gasteiger partial charge is 0.407 e. The van der Waals surface area contributed by atoms with E-state index in [4.69, 9.17) is 14.9 Å². The molecule has 0 saturated heterocycles. The summed E-state index contributed by atoms with van der Waals surface area (Å²) in [7, 11) is 0. The van der Waals surface area contributed by atoms with Crippen molar-refractivity contribution in [3.63, 3.8) is 0 Å². The second-order valence-corrected chi connectivity index (χ2v) is 5.20. The van der Waals surface area contributed by atoms with Crippen LogP contribution in [0.3, 0.4) is 0 Å². The molecule has 0 aliphatic carbocycles. The SMILES string of the molecule is CC(C)(C)OC(=O)NCCC(C)(CO)C(=O)O. The Labute approximate surface area is 101 Å². The van der Waals surface area contributed by atoms with Crippen molar-refractivity contribution in [1.29, 1.82) is 0 Å². The van der Waals surface area contributed by atoms with Gasteiger partial charge in [-0.15, -0.1) is 0 Å². The molecular formula is C11H21NO5. The summed E-state index contributed by atoms with van der Waals surface area (Å²) in [5.74, 6) is -1.09. The molecule has 3 N–H and O–H groups in total. The number of aliphatic hydroxyl groups is 1. The number of hydrogen-bond acceptors (Lipinski definition) is 4. The number of alkyl carbamates (subject to hydrolysis) is 1. The van der Waals surface area contributed by atoms with Gasteiger partial charge in [0.2, 0.25) is 0 Å². The van der Waals surface area contributed by atoms with E-state index in [1.807, 2.05) is 0 Å². The summed E-state index contributed by atoms with van der Waals surface area (Å²) >= 11 is 0. The van der Waals surface area contributed by atoms with Crippen LogP contribution in [0.25, 0.3) is 0 Å². The van der Waals surface area contributed by atoms with Crippen molar-refractivity contribution in [3.8, 4) is 0 Å². The van der Waals surface area contributed by atoms with Crippen LogP contribution in [0.5, 0.6) is 0 Å². The third kappa shape index (κ3) is 6.11. The maximum atomic E-state index is 11.3. The van der Waals surface area contributed by atoms with Crippen molar-refractivity contribution in [2.75, 3.05) is 13.2 Å². The highest BCUT2D eigenvalue weighted by Crippen LogP contribution is 2.19. The Hall–Kier alpha value is -1.30. The molecule has 0 fully saturated rings. The van der Waals surface area contributed by atoms with Gasteiger partial charge >= 0.3 is 12.1 Å². The van der Waals surface area contributed by atoms with Crippen LogP contribution in [0.4, 0.5) is 4.79 Å². The molecule has 1 unspecified atom stereocenters. The Morgan fingerprint density at radius 2 is 1.76 bits per heavy atom. The zero-order valence-corrected chi connectivity index (χ0v) is 10.7. The fourth-order valence-corrected chi connectivity index (χ4v) is 1.01. The number of carbonyl (C=O) groups excluding carboxylic acids is 1. The highest BCUT2D eigenvalue weighted by atomic mass is 16.6. The lowest BCUT2D eigenvalue weighted by Crippen LogP contribution is -2.38. The lowest BCUT2D eigenvalue weighted by atomic mass is 9.88. The van der Waals surface area contributed by atoms with Crippen molar-refractivity contribution < 1.29 is 24.5 Å². The highest BCUT2D eigenvalue weighted by Gasteiger charge is 2.32. The van der Waals surface area contributed by atoms with E-state index < -0.39 is 29.7 Å². The van der Waals surface area contributed by atoms with E-state index in [9.17, 15) is 9.59 Å². The molecule has 0 aliphatic heterocycles. The van der Waals surface area contributed by atoms with Crippen LogP contribution in [0, 0.1) is 5.41 Å². The summed E-state index contributed by atoms with van der Waals surface area (Å²) in [5, 5.41) is 20.3. The van der Waals surface area contributed by atoms with E-state index in [1.54, 1.807) is 20.8 Å². The third-order valence-electron chi connectivity index (χ3n) is 2.21. The van der Waals surface area contributed by atoms with Gasteiger partial charge in [-0.1, -0.05) is 0 Å². The van der Waals surface area contributed by atoms with E-state index in [0.29, 0.717) is 0 Å². The maximum Gasteiger partial charge on any atom is 0.407 e. The summed E-state index contributed by atoms with van der Waals surface area (Å²) in [6.07, 6.45) is -0.457. The maximum absolute atomic E-state index is 11.3. The molecule has 1 amide bonds. The van der Waals surface area contributed by atoms with E-state index >= 15 is 0 Å². The molecule has 1 atom stereocenters. The van der Waals surface area contributed by atoms with Crippen LogP contribution in [-0.2, 0) is 9.53 Å². The van der Waals surface area contributed by atoms with Crippen LogP contribution in [-0.4, -0.2) is 41.0 Å². The molecule has 17 heavy (non-hydrogen) atoms. The highest BCUT2D eigenvalue weighted by molar-refractivity contribution is 5.74. The molecule has 0 bridgehead atoms. The van der Waals surface area contributed by atoms with Gasteiger partial charge in [0, 0.05) is 6.54 Å². The zero-order chi connectivity index (χ0) is 13.7. The lowest BCUT2D eigenvalue weighted by Gasteiger charge is -2.23. The molecule has 0 aromatic rings. The summed E-state index contributed by atoms with van der Waals surface area (Å²) in [4.78, 5) is 22.1. The minimum Gasteiger partial charge on any atom is -0.481 e. The van der Waals surface area contributed by atoms with E-state index in [1.165, 1.54) is 6.92 Å². The van der Waals surface area contributed by atoms with Crippen molar-refractivity contribution in [2.45, 2.75) is 39.7 Å². The molecule has 0 saturated carbocycles. The quantitative estimate of drug-likeness (QED) is 0.673. The predicted octanol–water partition coefficient (Wildman–Crippen LogP) is 0.984. The van der Waals surface area contributed by atoms with E-state index in [2.05, 4.69) is 5.32 Å². The third-order valence-corrected chi connectivity index (χ3v) is 2.21. The average molecular weight is 247 g/mol. The van der Waals surface area contributed by atoms with Gasteiger partial charge in [-0.2, -0.15) is 0 Å². The minimum atomic E-state index is -1.24. The fourth-order valence-electron chi connectivity index (χ4n) is 1.01. The average Bonchev–Trinajstić information content (AvgIpc) is 2.14. The number of carboxylic acids is 1. The predicted molar refractivity (Wildman–Crippen MR) is 61.7 cm³/mol. The zero-order valence-electron chi connectivity index (χ0n) is 10.7. The molecule has 0 rings (SSSR count). The van der Waals surface area contributed by atoms with Gasteiger partial charge in [-0.3, -0.25) is 4.79 Å². The monoisotopic (exact) mass is 247 g/mol. The number of hydrogen-bond donors (Lipinski definition) is 3. The van der Waals surface area contributed by atoms with Crippen LogP contribution in [0.2, 0.25) is 0 Å². The topological polar surface area (TPSA) is 95.9 Å². The van der Waals surface area contributed by atoms with Crippen molar-refractivity contribution in [3.05, 3.63) is 0 Å². The number of nitrogens with one attached hydrogen (secondary N) is 1. The number of rotatable bonds is 5. The van der Waals surface area contributed by atoms with Crippen LogP contribution >= 0.6 is 0 Å². The van der Waals surface area contributed by atoms with E-state index in [0.717, 1.165) is 0 Å². The summed E-state index contributed by atoms with van der Waals surface area (Å²) < 4.78 is 4.99. The minimum absolute atomic E-state index is 0.137. The molecule has 6 heteroatoms. The van der Waals surface area contributed by atoms with Crippen LogP contribution in [0.1, 0.15) is 34.1 Å².